The highest BCUT2D eigenvalue weighted by atomic mass is 16.5. The van der Waals surface area contributed by atoms with E-state index in [1.165, 1.54) is 0 Å². The van der Waals surface area contributed by atoms with Crippen LogP contribution in [0.2, 0.25) is 0 Å². The Kier molecular flexibility index (Phi) is 7.28. The lowest BCUT2D eigenvalue weighted by atomic mass is 9.69. The molecule has 0 radical (unpaired) electrons. The Morgan fingerprint density at radius 2 is 1.53 bits per heavy atom. The first-order chi connectivity index (χ1) is 18.4. The van der Waals surface area contributed by atoms with Crippen LogP contribution in [0.4, 0.5) is 5.69 Å². The van der Waals surface area contributed by atoms with E-state index < -0.39 is 11.8 Å². The molecule has 5 heteroatoms. The fourth-order valence-electron chi connectivity index (χ4n) is 5.75. The number of benzene rings is 3. The molecule has 0 amide bonds. The molecule has 0 saturated heterocycles. The maximum Gasteiger partial charge on any atom is 0.315 e. The number of allylic oxidation sites excluding steroid dienone is 2. The Labute approximate surface area is 224 Å². The number of anilines is 1. The molecule has 0 spiro atoms. The third-order valence-electron chi connectivity index (χ3n) is 7.69. The van der Waals surface area contributed by atoms with E-state index in [9.17, 15) is 9.59 Å². The molecule has 1 aliphatic carbocycles. The first kappa shape index (κ1) is 25.7. The lowest BCUT2D eigenvalue weighted by molar-refractivity contribution is -0.146. The molecule has 5 nitrogen and oxygen atoms in total. The fraction of sp³-hybridized carbons (Fsp3) is 0.303. The molecular weight excluding hydrogens is 472 g/mol. The molecule has 0 fully saturated rings. The predicted octanol–water partition coefficient (Wildman–Crippen LogP) is 6.56. The van der Waals surface area contributed by atoms with E-state index >= 15 is 0 Å². The highest BCUT2D eigenvalue weighted by molar-refractivity contribution is 6.09. The predicted molar refractivity (Wildman–Crippen MR) is 153 cm³/mol. The van der Waals surface area contributed by atoms with Crippen LogP contribution < -0.4 is 4.90 Å². The number of carbonyl (C=O) groups excluding carboxylic acids is 2. The van der Waals surface area contributed by atoms with Gasteiger partial charge in [0.05, 0.1) is 6.61 Å². The number of rotatable bonds is 6. The lowest BCUT2D eigenvalue weighted by Gasteiger charge is -2.36. The number of aliphatic imine (C=N–C) groups is 1. The van der Waals surface area contributed by atoms with Crippen molar-refractivity contribution in [3.63, 3.8) is 0 Å². The van der Waals surface area contributed by atoms with Crippen molar-refractivity contribution in [2.45, 2.75) is 38.5 Å². The fourth-order valence-corrected chi connectivity index (χ4v) is 5.75. The van der Waals surface area contributed by atoms with Crippen molar-refractivity contribution in [2.75, 3.05) is 25.6 Å². The van der Waals surface area contributed by atoms with Gasteiger partial charge in [-0.25, -0.2) is 0 Å². The molecule has 5 rings (SSSR count). The average molecular weight is 507 g/mol. The zero-order valence-corrected chi connectivity index (χ0v) is 22.5. The van der Waals surface area contributed by atoms with Crippen molar-refractivity contribution in [1.29, 1.82) is 0 Å². The largest absolute Gasteiger partial charge is 0.465 e. The summed E-state index contributed by atoms with van der Waals surface area (Å²) in [5.41, 5.74) is 7.59. The molecule has 3 atom stereocenters. The van der Waals surface area contributed by atoms with E-state index in [0.717, 1.165) is 33.6 Å². The molecule has 0 saturated carbocycles. The van der Waals surface area contributed by atoms with Crippen molar-refractivity contribution in [3.05, 3.63) is 101 Å². The summed E-state index contributed by atoms with van der Waals surface area (Å²) in [5.74, 6) is -1.22. The van der Waals surface area contributed by atoms with Crippen LogP contribution in [0.5, 0.6) is 0 Å². The smallest absolute Gasteiger partial charge is 0.315 e. The Hall–Kier alpha value is -3.99. The van der Waals surface area contributed by atoms with Crippen LogP contribution in [0.25, 0.3) is 11.1 Å². The number of ketones is 1. The monoisotopic (exact) mass is 506 g/mol. The third-order valence-corrected chi connectivity index (χ3v) is 7.69. The van der Waals surface area contributed by atoms with Crippen molar-refractivity contribution >= 4 is 23.2 Å². The molecule has 1 aliphatic heterocycles. The molecule has 0 aromatic heterocycles. The summed E-state index contributed by atoms with van der Waals surface area (Å²) in [5, 5.41) is 0. The first-order valence-electron chi connectivity index (χ1n) is 13.3. The van der Waals surface area contributed by atoms with Gasteiger partial charge < -0.3 is 9.64 Å². The highest BCUT2D eigenvalue weighted by Gasteiger charge is 2.44. The quantitative estimate of drug-likeness (QED) is 0.355. The van der Waals surface area contributed by atoms with E-state index in [1.54, 1.807) is 6.92 Å². The van der Waals surface area contributed by atoms with Gasteiger partial charge in [-0.3, -0.25) is 14.6 Å². The summed E-state index contributed by atoms with van der Waals surface area (Å²) in [4.78, 5) is 33.9. The van der Waals surface area contributed by atoms with Crippen LogP contribution >= 0.6 is 0 Å². The lowest BCUT2D eigenvalue weighted by Crippen LogP contribution is -2.38. The molecule has 0 bridgehead atoms. The summed E-state index contributed by atoms with van der Waals surface area (Å²) in [6.07, 6.45) is 1.08. The van der Waals surface area contributed by atoms with Crippen LogP contribution in [-0.2, 0) is 14.3 Å². The summed E-state index contributed by atoms with van der Waals surface area (Å²) in [7, 11) is 4.03. The summed E-state index contributed by atoms with van der Waals surface area (Å²) >= 11 is 0. The van der Waals surface area contributed by atoms with E-state index in [4.69, 9.17) is 9.73 Å². The second-order valence-corrected chi connectivity index (χ2v) is 10.3. The van der Waals surface area contributed by atoms with Crippen LogP contribution in [0.15, 0.2) is 95.1 Å². The molecule has 38 heavy (non-hydrogen) atoms. The molecule has 2 aliphatic rings. The maximum atomic E-state index is 13.8. The van der Waals surface area contributed by atoms with Crippen molar-refractivity contribution < 1.29 is 14.3 Å². The van der Waals surface area contributed by atoms with Crippen LogP contribution in [0.3, 0.4) is 0 Å². The minimum atomic E-state index is -0.615. The summed E-state index contributed by atoms with van der Waals surface area (Å²) < 4.78 is 5.47. The Morgan fingerprint density at radius 1 is 0.895 bits per heavy atom. The molecule has 194 valence electrons. The molecule has 3 unspecified atom stereocenters. The first-order valence-corrected chi connectivity index (χ1v) is 13.3. The van der Waals surface area contributed by atoms with Gasteiger partial charge in [-0.05, 0) is 60.6 Å². The topological polar surface area (TPSA) is 59.0 Å². The number of ether oxygens (including phenoxy) is 1. The van der Waals surface area contributed by atoms with Gasteiger partial charge in [-0.15, -0.1) is 0 Å². The standard InChI is InChI=1S/C33H34N2O3/c1-5-38-33(37)30-21(2)34-28-19-26(24-15-17-27(18-16-24)35(3)4)20-29(36)32(28)31(30)25-13-11-23(12-14-25)22-9-7-6-8-10-22/h6-18,26,30-31H,5,19-20H2,1-4H3. The van der Waals surface area contributed by atoms with Crippen molar-refractivity contribution in [3.8, 4) is 11.1 Å². The van der Waals surface area contributed by atoms with E-state index in [-0.39, 0.29) is 24.3 Å². The molecule has 3 aromatic carbocycles. The van der Waals surface area contributed by atoms with Crippen molar-refractivity contribution in [2.24, 2.45) is 10.9 Å². The van der Waals surface area contributed by atoms with Gasteiger partial charge in [0, 0.05) is 49.1 Å². The number of hydrogen-bond acceptors (Lipinski definition) is 5. The van der Waals surface area contributed by atoms with E-state index in [1.807, 2.05) is 51.4 Å². The van der Waals surface area contributed by atoms with Gasteiger partial charge in [0.2, 0.25) is 0 Å². The molecule has 0 N–H and O–H groups in total. The number of nitrogens with zero attached hydrogens (tertiary/aromatic N) is 2. The summed E-state index contributed by atoms with van der Waals surface area (Å²) in [6, 6.07) is 26.8. The molecule has 1 heterocycles. The minimum Gasteiger partial charge on any atom is -0.465 e. The van der Waals surface area contributed by atoms with Crippen LogP contribution in [-0.4, -0.2) is 38.2 Å². The van der Waals surface area contributed by atoms with Gasteiger partial charge in [-0.2, -0.15) is 0 Å². The van der Waals surface area contributed by atoms with Crippen LogP contribution in [0.1, 0.15) is 49.7 Å². The van der Waals surface area contributed by atoms with Gasteiger partial charge in [-0.1, -0.05) is 66.7 Å². The van der Waals surface area contributed by atoms with Crippen LogP contribution in [0, 0.1) is 5.92 Å². The average Bonchev–Trinajstić information content (AvgIpc) is 2.93. The Bertz CT molecular complexity index is 1390. The highest BCUT2D eigenvalue weighted by Crippen LogP contribution is 2.47. The zero-order valence-electron chi connectivity index (χ0n) is 22.5. The number of Topliss-reactive ketones (excluding diaryl/α,β-unsaturated/α-hetero) is 1. The van der Waals surface area contributed by atoms with Crippen molar-refractivity contribution in [1.82, 2.24) is 0 Å². The second kappa shape index (κ2) is 10.8. The minimum absolute atomic E-state index is 0.0641. The van der Waals surface area contributed by atoms with Gasteiger partial charge >= 0.3 is 5.97 Å². The Balaban J connectivity index is 1.53. The zero-order chi connectivity index (χ0) is 26.8. The SMILES string of the molecule is CCOC(=O)C1C(C)=NC2=C(C(=O)CC(c3ccc(N(C)C)cc3)C2)C1c1ccc(-c2ccccc2)cc1. The maximum absolute atomic E-state index is 13.8. The number of carbonyl (C=O) groups is 2. The number of hydrogen-bond donors (Lipinski definition) is 0. The van der Waals surface area contributed by atoms with Gasteiger partial charge in [0.25, 0.3) is 0 Å². The van der Waals surface area contributed by atoms with Gasteiger partial charge in [0.1, 0.15) is 5.92 Å². The van der Waals surface area contributed by atoms with E-state index in [0.29, 0.717) is 24.1 Å². The summed E-state index contributed by atoms with van der Waals surface area (Å²) in [6.45, 7) is 3.98. The second-order valence-electron chi connectivity index (χ2n) is 10.3. The third kappa shape index (κ3) is 4.93. The normalized spacial score (nSPS) is 21.0. The van der Waals surface area contributed by atoms with Gasteiger partial charge in [0.15, 0.2) is 5.78 Å². The molecular formula is C33H34N2O3. The Morgan fingerprint density at radius 3 is 2.16 bits per heavy atom. The number of esters is 1. The molecule has 3 aromatic rings. The van der Waals surface area contributed by atoms with E-state index in [2.05, 4.69) is 53.4 Å².